The van der Waals surface area contributed by atoms with Crippen LogP contribution in [0.4, 0.5) is 0 Å². The van der Waals surface area contributed by atoms with Gasteiger partial charge in [0.1, 0.15) is 8.96 Å². The summed E-state index contributed by atoms with van der Waals surface area (Å²) < 4.78 is 4.73. The fourth-order valence-electron chi connectivity index (χ4n) is 1.35. The van der Waals surface area contributed by atoms with E-state index in [4.69, 9.17) is 11.1 Å². The highest BCUT2D eigenvalue weighted by molar-refractivity contribution is 7.06. The van der Waals surface area contributed by atoms with Gasteiger partial charge in [-0.05, 0) is 20.1 Å². The zero-order chi connectivity index (χ0) is 9.89. The summed E-state index contributed by atoms with van der Waals surface area (Å²) in [6, 6.07) is 0.605. The summed E-state index contributed by atoms with van der Waals surface area (Å²) in [6.45, 7) is 9.15. The van der Waals surface area contributed by atoms with Gasteiger partial charge in [0.25, 0.3) is 8.43 Å². The Morgan fingerprint density at radius 3 is 1.67 bits per heavy atom. The van der Waals surface area contributed by atoms with Gasteiger partial charge in [0, 0.05) is 0 Å². The monoisotopic (exact) mass is 224 g/mol. The van der Waals surface area contributed by atoms with E-state index in [0.717, 1.165) is 0 Å². The molecule has 0 aliphatic carbocycles. The summed E-state index contributed by atoms with van der Waals surface area (Å²) in [5.74, 6) is 0. The number of hydrogen-bond acceptors (Lipinski definition) is 2. The molecule has 1 unspecified atom stereocenters. The molecule has 0 saturated heterocycles. The minimum absolute atomic E-state index is 0.605. The standard InChI is InChI=1S/C7H21ClN2Si2/c1-7(2)10(11(5)6)12(8)9(3)4/h7,11-12H,1-6H3. The molecule has 0 N–H and O–H groups in total. The number of rotatable bonds is 4. The molecule has 1 atom stereocenters. The van der Waals surface area contributed by atoms with Gasteiger partial charge in [0.15, 0.2) is 0 Å². The van der Waals surface area contributed by atoms with E-state index in [1.807, 2.05) is 0 Å². The summed E-state index contributed by atoms with van der Waals surface area (Å²) in [5.41, 5.74) is 0. The molecule has 0 aromatic rings. The average molecular weight is 225 g/mol. The fourth-order valence-corrected chi connectivity index (χ4v) is 9.05. The maximum absolute atomic E-state index is 6.40. The van der Waals surface area contributed by atoms with Crippen molar-refractivity contribution in [2.24, 2.45) is 0 Å². The molecule has 5 heteroatoms. The van der Waals surface area contributed by atoms with E-state index in [1.165, 1.54) is 0 Å². The van der Waals surface area contributed by atoms with E-state index in [9.17, 15) is 0 Å². The van der Waals surface area contributed by atoms with Crippen LogP contribution in [-0.4, -0.2) is 46.3 Å². The molecule has 0 aromatic heterocycles. The van der Waals surface area contributed by atoms with Crippen LogP contribution in [0.15, 0.2) is 0 Å². The smallest absolute Gasteiger partial charge is 0.284 e. The third kappa shape index (κ3) is 3.57. The SMILES string of the molecule is CC(C)N([SiH](C)C)[SiH](Cl)N(C)C. The molecule has 0 fully saturated rings. The van der Waals surface area contributed by atoms with Crippen molar-refractivity contribution in [2.75, 3.05) is 14.1 Å². The Hall–Kier alpha value is 0.644. The topological polar surface area (TPSA) is 6.48 Å². The minimum Gasteiger partial charge on any atom is -0.324 e. The van der Waals surface area contributed by atoms with Crippen LogP contribution < -0.4 is 0 Å². The lowest BCUT2D eigenvalue weighted by Gasteiger charge is -2.36. The number of halogens is 1. The van der Waals surface area contributed by atoms with Crippen molar-refractivity contribution in [3.63, 3.8) is 0 Å². The zero-order valence-electron chi connectivity index (χ0n) is 9.00. The quantitative estimate of drug-likeness (QED) is 0.523. The molecule has 0 aromatic carbocycles. The molecule has 0 aliphatic rings. The van der Waals surface area contributed by atoms with Gasteiger partial charge in [0.2, 0.25) is 0 Å². The molecule has 0 amide bonds. The molecular weight excluding hydrogens is 204 g/mol. The van der Waals surface area contributed by atoms with Crippen LogP contribution in [0.5, 0.6) is 0 Å². The molecule has 0 rings (SSSR count). The Morgan fingerprint density at radius 2 is 1.58 bits per heavy atom. The van der Waals surface area contributed by atoms with Crippen molar-refractivity contribution >= 4 is 28.5 Å². The molecule has 2 nitrogen and oxygen atoms in total. The normalized spacial score (nSPS) is 15.2. The van der Waals surface area contributed by atoms with Gasteiger partial charge in [-0.25, -0.2) is 0 Å². The minimum atomic E-state index is -1.31. The van der Waals surface area contributed by atoms with E-state index in [1.54, 1.807) is 0 Å². The van der Waals surface area contributed by atoms with Crippen LogP contribution in [0, 0.1) is 0 Å². The summed E-state index contributed by atoms with van der Waals surface area (Å²) in [6.07, 6.45) is 0. The molecule has 0 aliphatic heterocycles. The summed E-state index contributed by atoms with van der Waals surface area (Å²) in [4.78, 5) is 0. The second kappa shape index (κ2) is 5.39. The zero-order valence-corrected chi connectivity index (χ0v) is 12.1. The van der Waals surface area contributed by atoms with Crippen molar-refractivity contribution in [3.05, 3.63) is 0 Å². The van der Waals surface area contributed by atoms with Gasteiger partial charge in [-0.1, -0.05) is 26.9 Å². The van der Waals surface area contributed by atoms with Crippen molar-refractivity contribution in [3.8, 4) is 0 Å². The largest absolute Gasteiger partial charge is 0.324 e. The highest BCUT2D eigenvalue weighted by Crippen LogP contribution is 2.10. The first-order valence-electron chi connectivity index (χ1n) is 4.45. The average Bonchev–Trinajstić information content (AvgIpc) is 1.85. The number of hydrogen-bond donors (Lipinski definition) is 0. The molecule has 0 radical (unpaired) electrons. The second-order valence-electron chi connectivity index (χ2n) is 3.91. The Labute approximate surface area is 84.7 Å². The van der Waals surface area contributed by atoms with Crippen LogP contribution in [-0.2, 0) is 0 Å². The third-order valence-electron chi connectivity index (χ3n) is 1.86. The Bertz CT molecular complexity index is 123. The first-order chi connectivity index (χ1) is 5.37. The first kappa shape index (κ1) is 12.6. The van der Waals surface area contributed by atoms with Crippen LogP contribution in [0.1, 0.15) is 13.8 Å². The van der Waals surface area contributed by atoms with E-state index in [-0.39, 0.29) is 0 Å². The Kier molecular flexibility index (Phi) is 5.68. The summed E-state index contributed by atoms with van der Waals surface area (Å²) in [5, 5.41) is 0. The van der Waals surface area contributed by atoms with Gasteiger partial charge in [-0.15, -0.1) is 11.1 Å². The molecule has 12 heavy (non-hydrogen) atoms. The lowest BCUT2D eigenvalue weighted by Crippen LogP contribution is -2.54. The van der Waals surface area contributed by atoms with Crippen LogP contribution in [0.25, 0.3) is 0 Å². The Morgan fingerprint density at radius 1 is 1.17 bits per heavy atom. The van der Waals surface area contributed by atoms with Crippen molar-refractivity contribution in [1.82, 2.24) is 8.80 Å². The molecular formula is C7H21ClN2Si2. The van der Waals surface area contributed by atoms with Gasteiger partial charge < -0.3 is 8.80 Å². The molecule has 0 spiro atoms. The lowest BCUT2D eigenvalue weighted by atomic mass is 10.4. The van der Waals surface area contributed by atoms with Crippen LogP contribution in [0.2, 0.25) is 13.1 Å². The maximum atomic E-state index is 6.40. The first-order valence-corrected chi connectivity index (χ1v) is 10.1. The lowest BCUT2D eigenvalue weighted by molar-refractivity contribution is 0.483. The van der Waals surface area contributed by atoms with Crippen LogP contribution in [0.3, 0.4) is 0 Å². The van der Waals surface area contributed by atoms with E-state index < -0.39 is 17.4 Å². The Balaban J connectivity index is 4.30. The van der Waals surface area contributed by atoms with Gasteiger partial charge >= 0.3 is 0 Å². The highest BCUT2D eigenvalue weighted by atomic mass is 35.6. The van der Waals surface area contributed by atoms with Crippen molar-refractivity contribution in [2.45, 2.75) is 33.0 Å². The predicted octanol–water partition coefficient (Wildman–Crippen LogP) is 1.20. The van der Waals surface area contributed by atoms with Crippen molar-refractivity contribution in [1.29, 1.82) is 0 Å². The maximum Gasteiger partial charge on any atom is 0.284 e. The van der Waals surface area contributed by atoms with Gasteiger partial charge in [-0.3, -0.25) is 0 Å². The molecule has 74 valence electrons. The van der Waals surface area contributed by atoms with E-state index in [2.05, 4.69) is 49.8 Å². The van der Waals surface area contributed by atoms with Crippen molar-refractivity contribution < 1.29 is 0 Å². The molecule has 0 saturated carbocycles. The molecule has 0 heterocycles. The van der Waals surface area contributed by atoms with E-state index in [0.29, 0.717) is 6.04 Å². The second-order valence-corrected chi connectivity index (χ2v) is 10.7. The molecule has 0 bridgehead atoms. The summed E-state index contributed by atoms with van der Waals surface area (Å²) in [7, 11) is 2.12. The van der Waals surface area contributed by atoms with E-state index >= 15 is 0 Å². The predicted molar refractivity (Wildman–Crippen MR) is 62.5 cm³/mol. The number of nitrogens with zero attached hydrogens (tertiary/aromatic N) is 2. The van der Waals surface area contributed by atoms with Crippen LogP contribution >= 0.6 is 11.1 Å². The van der Waals surface area contributed by atoms with Gasteiger partial charge in [-0.2, -0.15) is 0 Å². The fraction of sp³-hybridized carbons (Fsp3) is 1.00. The van der Waals surface area contributed by atoms with Gasteiger partial charge in [0.05, 0.1) is 0 Å². The third-order valence-corrected chi connectivity index (χ3v) is 10.6. The summed E-state index contributed by atoms with van der Waals surface area (Å²) >= 11 is 6.40. The highest BCUT2D eigenvalue weighted by Gasteiger charge is 2.25.